The first-order valence-electron chi connectivity index (χ1n) is 7.59. The first-order valence-corrected chi connectivity index (χ1v) is 7.59. The van der Waals surface area contributed by atoms with Crippen molar-refractivity contribution in [2.75, 3.05) is 26.0 Å². The number of fused-ring (bicyclic) bond motifs is 1. The number of hydrogen-bond acceptors (Lipinski definition) is 4. The summed E-state index contributed by atoms with van der Waals surface area (Å²) >= 11 is 0. The molecule has 1 N–H and O–H groups in total. The third-order valence-corrected chi connectivity index (χ3v) is 3.48. The number of urea groups is 1. The Hall–Kier alpha value is -2.25. The number of amides is 3. The van der Waals surface area contributed by atoms with E-state index in [4.69, 9.17) is 4.74 Å². The Morgan fingerprint density at radius 1 is 1.30 bits per heavy atom. The van der Waals surface area contributed by atoms with E-state index in [0.29, 0.717) is 25.3 Å². The molecule has 0 bridgehead atoms. The molecule has 128 valence electrons. The average Bonchev–Trinajstić information content (AvgIpc) is 2.72. The number of ether oxygens (including phenoxy) is 1. The summed E-state index contributed by atoms with van der Waals surface area (Å²) in [6.07, 6.45) is 0.289. The van der Waals surface area contributed by atoms with E-state index in [9.17, 15) is 9.59 Å². The van der Waals surface area contributed by atoms with Gasteiger partial charge in [-0.3, -0.25) is 10.00 Å². The molecule has 0 saturated heterocycles. The molecule has 1 aliphatic rings. The maximum atomic E-state index is 12.3. The second kappa shape index (κ2) is 6.10. The van der Waals surface area contributed by atoms with Gasteiger partial charge in [0, 0.05) is 39.7 Å². The molecule has 1 aromatic heterocycles. The van der Waals surface area contributed by atoms with Crippen molar-refractivity contribution >= 4 is 17.9 Å². The molecule has 0 spiro atoms. The zero-order valence-electron chi connectivity index (χ0n) is 14.6. The topological polar surface area (TPSA) is 79.7 Å². The predicted octanol–water partition coefficient (Wildman–Crippen LogP) is 1.81. The van der Waals surface area contributed by atoms with E-state index in [2.05, 4.69) is 10.4 Å². The van der Waals surface area contributed by atoms with Gasteiger partial charge in [-0.25, -0.2) is 9.59 Å². The Bertz CT molecular complexity index is 615. The molecule has 0 aliphatic carbocycles. The molecule has 2 rings (SSSR count). The van der Waals surface area contributed by atoms with Gasteiger partial charge in [0.25, 0.3) is 0 Å². The van der Waals surface area contributed by atoms with Crippen LogP contribution in [0.3, 0.4) is 0 Å². The van der Waals surface area contributed by atoms with Gasteiger partial charge >= 0.3 is 12.1 Å². The standard InChI is InChI=1S/C15H25N5O3/c1-15(2,3)23-14(22)20-8-7-11-10(9-20)12(19(6)17-11)16-13(21)18(4)5/h7-9H2,1-6H3,(H,16,21). The monoisotopic (exact) mass is 323 g/mol. The summed E-state index contributed by atoms with van der Waals surface area (Å²) in [4.78, 5) is 27.3. The first-order chi connectivity index (χ1) is 10.6. The van der Waals surface area contributed by atoms with Crippen LogP contribution in [0.4, 0.5) is 15.4 Å². The molecule has 1 aliphatic heterocycles. The lowest BCUT2D eigenvalue weighted by Crippen LogP contribution is -2.40. The zero-order valence-corrected chi connectivity index (χ0v) is 14.6. The third kappa shape index (κ3) is 3.94. The Balaban J connectivity index is 2.19. The first kappa shape index (κ1) is 17.1. The Morgan fingerprint density at radius 3 is 2.52 bits per heavy atom. The van der Waals surface area contributed by atoms with Gasteiger partial charge in [0.2, 0.25) is 0 Å². The number of anilines is 1. The second-order valence-corrected chi connectivity index (χ2v) is 6.87. The molecule has 0 aromatic carbocycles. The quantitative estimate of drug-likeness (QED) is 0.855. The van der Waals surface area contributed by atoms with Crippen molar-refractivity contribution in [3.8, 4) is 0 Å². The van der Waals surface area contributed by atoms with Crippen molar-refractivity contribution in [3.63, 3.8) is 0 Å². The third-order valence-electron chi connectivity index (χ3n) is 3.48. The molecule has 2 heterocycles. The summed E-state index contributed by atoms with van der Waals surface area (Å²) in [5.41, 5.74) is 1.23. The smallest absolute Gasteiger partial charge is 0.410 e. The molecular weight excluding hydrogens is 298 g/mol. The lowest BCUT2D eigenvalue weighted by molar-refractivity contribution is 0.0224. The molecule has 3 amide bonds. The van der Waals surface area contributed by atoms with E-state index in [1.807, 2.05) is 20.8 Å². The normalized spacial score (nSPS) is 14.3. The van der Waals surface area contributed by atoms with Crippen LogP contribution in [0.2, 0.25) is 0 Å². The second-order valence-electron chi connectivity index (χ2n) is 6.87. The number of nitrogens with zero attached hydrogens (tertiary/aromatic N) is 4. The fraction of sp³-hybridized carbons (Fsp3) is 0.667. The van der Waals surface area contributed by atoms with Crippen LogP contribution in [0.25, 0.3) is 0 Å². The Kier molecular flexibility index (Phi) is 4.53. The molecule has 0 unspecified atom stereocenters. The number of carbonyl (C=O) groups excluding carboxylic acids is 2. The molecule has 8 nitrogen and oxygen atoms in total. The SMILES string of the molecule is CN(C)C(=O)Nc1c2c(nn1C)CCN(C(=O)OC(C)(C)C)C2. The number of rotatable bonds is 1. The van der Waals surface area contributed by atoms with Gasteiger partial charge in [-0.05, 0) is 20.8 Å². The highest BCUT2D eigenvalue weighted by Gasteiger charge is 2.30. The van der Waals surface area contributed by atoms with E-state index in [1.165, 1.54) is 4.90 Å². The maximum Gasteiger partial charge on any atom is 0.410 e. The van der Waals surface area contributed by atoms with Gasteiger partial charge in [-0.15, -0.1) is 0 Å². The number of aryl methyl sites for hydroxylation is 1. The van der Waals surface area contributed by atoms with Crippen LogP contribution in [0, 0.1) is 0 Å². The minimum absolute atomic E-state index is 0.231. The van der Waals surface area contributed by atoms with Gasteiger partial charge in [0.05, 0.1) is 12.2 Å². The van der Waals surface area contributed by atoms with Crippen LogP contribution < -0.4 is 5.32 Å². The predicted molar refractivity (Wildman–Crippen MR) is 86.3 cm³/mol. The highest BCUT2D eigenvalue weighted by Crippen LogP contribution is 2.27. The fourth-order valence-electron chi connectivity index (χ4n) is 2.35. The molecule has 23 heavy (non-hydrogen) atoms. The van der Waals surface area contributed by atoms with Crippen molar-refractivity contribution in [2.24, 2.45) is 7.05 Å². The summed E-state index contributed by atoms with van der Waals surface area (Å²) in [6.45, 7) is 6.45. The van der Waals surface area contributed by atoms with Crippen LogP contribution in [-0.2, 0) is 24.8 Å². The highest BCUT2D eigenvalue weighted by molar-refractivity contribution is 5.89. The van der Waals surface area contributed by atoms with Crippen LogP contribution >= 0.6 is 0 Å². The number of hydrogen-bond donors (Lipinski definition) is 1. The Morgan fingerprint density at radius 2 is 1.96 bits per heavy atom. The van der Waals surface area contributed by atoms with E-state index in [-0.39, 0.29) is 12.1 Å². The molecule has 0 radical (unpaired) electrons. The van der Waals surface area contributed by atoms with Crippen LogP contribution in [0.5, 0.6) is 0 Å². The molecular formula is C15H25N5O3. The number of carbonyl (C=O) groups is 2. The van der Waals surface area contributed by atoms with E-state index in [1.54, 1.807) is 30.7 Å². The van der Waals surface area contributed by atoms with Crippen LogP contribution in [0.15, 0.2) is 0 Å². The van der Waals surface area contributed by atoms with E-state index < -0.39 is 5.60 Å². The molecule has 0 atom stereocenters. The van der Waals surface area contributed by atoms with Crippen LogP contribution in [-0.4, -0.2) is 57.9 Å². The molecule has 8 heteroatoms. The summed E-state index contributed by atoms with van der Waals surface area (Å²) in [5, 5.41) is 7.27. The summed E-state index contributed by atoms with van der Waals surface area (Å²) in [7, 11) is 5.12. The highest BCUT2D eigenvalue weighted by atomic mass is 16.6. The van der Waals surface area contributed by atoms with Crippen LogP contribution in [0.1, 0.15) is 32.0 Å². The minimum atomic E-state index is -0.533. The lowest BCUT2D eigenvalue weighted by atomic mass is 10.1. The van der Waals surface area contributed by atoms with Gasteiger partial charge in [0.15, 0.2) is 0 Å². The zero-order chi connectivity index (χ0) is 17.4. The van der Waals surface area contributed by atoms with Gasteiger partial charge < -0.3 is 14.5 Å². The van der Waals surface area contributed by atoms with Gasteiger partial charge in [-0.2, -0.15) is 5.10 Å². The van der Waals surface area contributed by atoms with E-state index in [0.717, 1.165) is 11.3 Å². The maximum absolute atomic E-state index is 12.3. The van der Waals surface area contributed by atoms with E-state index >= 15 is 0 Å². The fourth-order valence-corrected chi connectivity index (χ4v) is 2.35. The summed E-state index contributed by atoms with van der Waals surface area (Å²) in [6, 6.07) is -0.231. The average molecular weight is 323 g/mol. The number of aromatic nitrogens is 2. The van der Waals surface area contributed by atoms with Crippen molar-refractivity contribution in [1.82, 2.24) is 19.6 Å². The molecule has 0 saturated carbocycles. The summed E-state index contributed by atoms with van der Waals surface area (Å²) in [5.74, 6) is 0.618. The largest absolute Gasteiger partial charge is 0.444 e. The van der Waals surface area contributed by atoms with Crippen molar-refractivity contribution in [3.05, 3.63) is 11.3 Å². The van der Waals surface area contributed by atoms with Gasteiger partial charge in [0.1, 0.15) is 11.4 Å². The summed E-state index contributed by atoms with van der Waals surface area (Å²) < 4.78 is 7.07. The lowest BCUT2D eigenvalue weighted by Gasteiger charge is -2.30. The molecule has 1 aromatic rings. The Labute approximate surface area is 136 Å². The van der Waals surface area contributed by atoms with Crippen molar-refractivity contribution in [2.45, 2.75) is 39.3 Å². The minimum Gasteiger partial charge on any atom is -0.444 e. The van der Waals surface area contributed by atoms with Gasteiger partial charge in [-0.1, -0.05) is 0 Å². The van der Waals surface area contributed by atoms with Crippen molar-refractivity contribution < 1.29 is 14.3 Å². The van der Waals surface area contributed by atoms with Crippen molar-refractivity contribution in [1.29, 1.82) is 0 Å². The molecule has 0 fully saturated rings. The number of nitrogens with one attached hydrogen (secondary N) is 1.